The lowest BCUT2D eigenvalue weighted by Crippen LogP contribution is -1.98. The molecular weight excluding hydrogens is 240 g/mol. The molecule has 0 fully saturated rings. The van der Waals surface area contributed by atoms with Crippen LogP contribution in [-0.2, 0) is 14.3 Å². The maximum Gasteiger partial charge on any atom is 0.302 e. The number of esters is 1. The summed E-state index contributed by atoms with van der Waals surface area (Å²) in [7, 11) is 0. The summed E-state index contributed by atoms with van der Waals surface area (Å²) in [5.41, 5.74) is 0. The summed E-state index contributed by atoms with van der Waals surface area (Å²) in [6.45, 7) is 4.89. The number of hydrogen-bond acceptors (Lipinski definition) is 3. The smallest absolute Gasteiger partial charge is 0.302 e. The highest BCUT2D eigenvalue weighted by molar-refractivity contribution is 5.65. The zero-order valence-electron chi connectivity index (χ0n) is 12.2. The molecule has 0 aromatic rings. The molecule has 0 saturated carbocycles. The molecule has 3 heteroatoms. The third-order valence-corrected chi connectivity index (χ3v) is 2.47. The Morgan fingerprint density at radius 3 is 2.53 bits per heavy atom. The summed E-state index contributed by atoms with van der Waals surface area (Å²) in [5.74, 6) is 5.84. The molecule has 0 aliphatic heterocycles. The molecule has 0 bridgehead atoms. The molecule has 0 amide bonds. The van der Waals surface area contributed by atoms with Crippen LogP contribution in [0.1, 0.15) is 52.4 Å². The largest absolute Gasteiger partial charge is 0.462 e. The van der Waals surface area contributed by atoms with Crippen molar-refractivity contribution in [2.45, 2.75) is 52.4 Å². The SMILES string of the molecule is CCCCCCCC#CCOC/C=C\COC(C)=O. The van der Waals surface area contributed by atoms with Gasteiger partial charge in [-0.05, 0) is 12.5 Å². The van der Waals surface area contributed by atoms with E-state index in [1.54, 1.807) is 6.08 Å². The summed E-state index contributed by atoms with van der Waals surface area (Å²) in [5, 5.41) is 0. The van der Waals surface area contributed by atoms with Crippen LogP contribution in [0.15, 0.2) is 12.2 Å². The topological polar surface area (TPSA) is 35.5 Å². The Kier molecular flexibility index (Phi) is 13.8. The highest BCUT2D eigenvalue weighted by Gasteiger charge is 1.87. The molecule has 0 heterocycles. The van der Waals surface area contributed by atoms with Crippen LogP contribution in [0.4, 0.5) is 0 Å². The van der Waals surface area contributed by atoms with Gasteiger partial charge >= 0.3 is 5.97 Å². The standard InChI is InChI=1S/C16H26O3/c1-3-4-5-6-7-8-9-10-13-18-14-11-12-15-19-16(2)17/h11-12H,3-8,13-15H2,1-2H3/b12-11-. The first-order valence-corrected chi connectivity index (χ1v) is 7.09. The van der Waals surface area contributed by atoms with E-state index in [1.807, 2.05) is 6.08 Å². The Hall–Kier alpha value is -1.27. The van der Waals surface area contributed by atoms with E-state index >= 15 is 0 Å². The predicted molar refractivity (Wildman–Crippen MR) is 77.7 cm³/mol. The molecule has 0 atom stereocenters. The molecule has 19 heavy (non-hydrogen) atoms. The Labute approximate surface area is 117 Å². The first kappa shape index (κ1) is 17.7. The Balaban J connectivity index is 3.23. The molecule has 0 N–H and O–H groups in total. The average molecular weight is 266 g/mol. The van der Waals surface area contributed by atoms with E-state index in [0.717, 1.165) is 6.42 Å². The molecule has 0 aromatic heterocycles. The minimum absolute atomic E-state index is 0.268. The van der Waals surface area contributed by atoms with Gasteiger partial charge < -0.3 is 9.47 Å². The van der Waals surface area contributed by atoms with Crippen LogP contribution in [0.2, 0.25) is 0 Å². The second kappa shape index (κ2) is 14.8. The van der Waals surface area contributed by atoms with Crippen molar-refractivity contribution in [3.63, 3.8) is 0 Å². The van der Waals surface area contributed by atoms with E-state index in [-0.39, 0.29) is 5.97 Å². The van der Waals surface area contributed by atoms with Crippen molar-refractivity contribution in [2.24, 2.45) is 0 Å². The summed E-state index contributed by atoms with van der Waals surface area (Å²) in [6, 6.07) is 0. The first-order chi connectivity index (χ1) is 9.27. The van der Waals surface area contributed by atoms with Gasteiger partial charge in [-0.2, -0.15) is 0 Å². The van der Waals surface area contributed by atoms with Gasteiger partial charge in [0.15, 0.2) is 0 Å². The monoisotopic (exact) mass is 266 g/mol. The maximum absolute atomic E-state index is 10.5. The zero-order chi connectivity index (χ0) is 14.2. The van der Waals surface area contributed by atoms with Gasteiger partial charge in [-0.3, -0.25) is 4.79 Å². The van der Waals surface area contributed by atoms with Gasteiger partial charge in [0.1, 0.15) is 13.2 Å². The average Bonchev–Trinajstić information content (AvgIpc) is 2.39. The maximum atomic E-state index is 10.5. The summed E-state index contributed by atoms with van der Waals surface area (Å²) < 4.78 is 10.0. The molecule has 0 aliphatic rings. The van der Waals surface area contributed by atoms with Gasteiger partial charge in [-0.15, -0.1) is 5.92 Å². The minimum Gasteiger partial charge on any atom is -0.462 e. The van der Waals surface area contributed by atoms with E-state index < -0.39 is 0 Å². The number of carbonyl (C=O) groups excluding carboxylic acids is 1. The molecule has 3 nitrogen and oxygen atoms in total. The van der Waals surface area contributed by atoms with Gasteiger partial charge in [0.05, 0.1) is 6.61 Å². The normalized spacial score (nSPS) is 10.2. The van der Waals surface area contributed by atoms with Gasteiger partial charge in [0, 0.05) is 13.3 Å². The number of unbranched alkanes of at least 4 members (excludes halogenated alkanes) is 5. The molecule has 0 spiro atoms. The molecule has 0 unspecified atom stereocenters. The fourth-order valence-corrected chi connectivity index (χ4v) is 1.44. The molecule has 0 radical (unpaired) electrons. The minimum atomic E-state index is -0.268. The van der Waals surface area contributed by atoms with Crippen molar-refractivity contribution >= 4 is 5.97 Å². The van der Waals surface area contributed by atoms with E-state index in [1.165, 1.54) is 39.0 Å². The molecule has 108 valence electrons. The highest BCUT2D eigenvalue weighted by Crippen LogP contribution is 2.03. The molecule has 0 saturated heterocycles. The zero-order valence-corrected chi connectivity index (χ0v) is 12.2. The second-order valence-electron chi connectivity index (χ2n) is 4.31. The Bertz CT molecular complexity index is 297. The fraction of sp³-hybridized carbons (Fsp3) is 0.688. The molecule has 0 aliphatic carbocycles. The van der Waals surface area contributed by atoms with Gasteiger partial charge in [0.25, 0.3) is 0 Å². The van der Waals surface area contributed by atoms with E-state index in [9.17, 15) is 4.79 Å². The van der Waals surface area contributed by atoms with Crippen molar-refractivity contribution in [1.29, 1.82) is 0 Å². The summed E-state index contributed by atoms with van der Waals surface area (Å²) >= 11 is 0. The molecule has 0 aromatic carbocycles. The van der Waals surface area contributed by atoms with Crippen molar-refractivity contribution in [1.82, 2.24) is 0 Å². The molecule has 0 rings (SSSR count). The van der Waals surface area contributed by atoms with Crippen LogP contribution in [-0.4, -0.2) is 25.8 Å². The molecular formula is C16H26O3. The van der Waals surface area contributed by atoms with Crippen molar-refractivity contribution in [3.05, 3.63) is 12.2 Å². The fourth-order valence-electron chi connectivity index (χ4n) is 1.44. The quantitative estimate of drug-likeness (QED) is 0.263. The lowest BCUT2D eigenvalue weighted by Gasteiger charge is -1.96. The van der Waals surface area contributed by atoms with E-state index in [0.29, 0.717) is 19.8 Å². The number of ether oxygens (including phenoxy) is 2. The van der Waals surface area contributed by atoms with Gasteiger partial charge in [-0.25, -0.2) is 0 Å². The van der Waals surface area contributed by atoms with Crippen molar-refractivity contribution in [3.8, 4) is 11.8 Å². The van der Waals surface area contributed by atoms with Crippen LogP contribution in [0.3, 0.4) is 0 Å². The Morgan fingerprint density at radius 1 is 1.05 bits per heavy atom. The summed E-state index contributed by atoms with van der Waals surface area (Å²) in [4.78, 5) is 10.5. The Morgan fingerprint density at radius 2 is 1.79 bits per heavy atom. The lowest BCUT2D eigenvalue weighted by atomic mass is 10.1. The highest BCUT2D eigenvalue weighted by atomic mass is 16.5. The third kappa shape index (κ3) is 16.7. The number of carbonyl (C=O) groups is 1. The predicted octanol–water partition coefficient (Wildman–Crippen LogP) is 3.49. The number of rotatable bonds is 10. The lowest BCUT2D eigenvalue weighted by molar-refractivity contribution is -0.139. The van der Waals surface area contributed by atoms with Crippen molar-refractivity contribution in [2.75, 3.05) is 19.8 Å². The van der Waals surface area contributed by atoms with Crippen LogP contribution < -0.4 is 0 Å². The van der Waals surface area contributed by atoms with Crippen LogP contribution in [0, 0.1) is 11.8 Å². The summed E-state index contributed by atoms with van der Waals surface area (Å²) in [6.07, 6.45) is 11.0. The number of hydrogen-bond donors (Lipinski definition) is 0. The van der Waals surface area contributed by atoms with Crippen LogP contribution in [0.25, 0.3) is 0 Å². The van der Waals surface area contributed by atoms with Crippen molar-refractivity contribution < 1.29 is 14.3 Å². The van der Waals surface area contributed by atoms with E-state index in [4.69, 9.17) is 9.47 Å². The first-order valence-electron chi connectivity index (χ1n) is 7.09. The van der Waals surface area contributed by atoms with Gasteiger partial charge in [-0.1, -0.05) is 44.6 Å². The van der Waals surface area contributed by atoms with Crippen LogP contribution >= 0.6 is 0 Å². The van der Waals surface area contributed by atoms with E-state index in [2.05, 4.69) is 18.8 Å². The second-order valence-corrected chi connectivity index (χ2v) is 4.31. The van der Waals surface area contributed by atoms with Gasteiger partial charge in [0.2, 0.25) is 0 Å². The third-order valence-electron chi connectivity index (χ3n) is 2.47. The van der Waals surface area contributed by atoms with Crippen LogP contribution in [0.5, 0.6) is 0 Å².